The van der Waals surface area contributed by atoms with E-state index in [9.17, 15) is 24.3 Å². The minimum Gasteiger partial charge on any atom is -0.548 e. The molecule has 0 spiro atoms. The monoisotopic (exact) mass is 308 g/mol. The maximum absolute atomic E-state index is 12.4. The van der Waals surface area contributed by atoms with Crippen LogP contribution in [0.2, 0.25) is 0 Å². The number of ketones is 1. The van der Waals surface area contributed by atoms with Crippen molar-refractivity contribution in [3.05, 3.63) is 70.8 Å². The predicted octanol–water partition coefficient (Wildman–Crippen LogP) is 0.263. The topological polar surface area (TPSA) is 94.6 Å². The number of carboxylic acid groups (broad SMARTS) is 1. The average molecular weight is 308 g/mol. The van der Waals surface area contributed by atoms with Crippen LogP contribution in [-0.2, 0) is 4.79 Å². The van der Waals surface area contributed by atoms with Gasteiger partial charge in [-0.25, -0.2) is 0 Å². The smallest absolute Gasteiger partial charge is 0.261 e. The molecule has 2 aromatic rings. The van der Waals surface area contributed by atoms with E-state index in [1.165, 1.54) is 18.2 Å². The Bertz CT molecular complexity index is 841. The molecule has 0 unspecified atom stereocenters. The average Bonchev–Trinajstić information content (AvgIpc) is 2.79. The summed E-state index contributed by atoms with van der Waals surface area (Å²) in [5.41, 5.74) is 0.820. The summed E-state index contributed by atoms with van der Waals surface area (Å²) in [6, 6.07) is 12.6. The van der Waals surface area contributed by atoms with Gasteiger partial charge in [-0.3, -0.25) is 19.3 Å². The van der Waals surface area contributed by atoms with Crippen LogP contribution >= 0.6 is 0 Å². The molecule has 0 aliphatic carbocycles. The van der Waals surface area contributed by atoms with Gasteiger partial charge in [-0.05, 0) is 12.1 Å². The molecule has 0 N–H and O–H groups in total. The molecule has 0 saturated heterocycles. The van der Waals surface area contributed by atoms with Crippen LogP contribution in [0.15, 0.2) is 48.5 Å². The highest BCUT2D eigenvalue weighted by Crippen LogP contribution is 2.24. The molecular formula is C17H10NO5-. The van der Waals surface area contributed by atoms with Crippen LogP contribution in [0, 0.1) is 0 Å². The van der Waals surface area contributed by atoms with Gasteiger partial charge in [-0.2, -0.15) is 0 Å². The van der Waals surface area contributed by atoms with Crippen molar-refractivity contribution < 1.29 is 24.3 Å². The fourth-order valence-electron chi connectivity index (χ4n) is 2.46. The standard InChI is InChI=1S/C17H11NO5/c19-14(20)9-18-16(22)12-7-6-11(8-13(12)17(18)23)15(21)10-4-2-1-3-5-10/h1-8H,9H2,(H,19,20)/p-1. The zero-order chi connectivity index (χ0) is 16.6. The van der Waals surface area contributed by atoms with Crippen molar-refractivity contribution in [1.82, 2.24) is 4.90 Å². The van der Waals surface area contributed by atoms with Crippen molar-refractivity contribution in [1.29, 1.82) is 0 Å². The molecule has 23 heavy (non-hydrogen) atoms. The van der Waals surface area contributed by atoms with Gasteiger partial charge in [-0.15, -0.1) is 0 Å². The number of imide groups is 1. The number of rotatable bonds is 4. The van der Waals surface area contributed by atoms with Crippen molar-refractivity contribution in [2.75, 3.05) is 6.54 Å². The number of nitrogens with zero attached hydrogens (tertiary/aromatic N) is 1. The molecule has 3 rings (SSSR count). The molecule has 1 aliphatic heterocycles. The van der Waals surface area contributed by atoms with Gasteiger partial charge in [0.05, 0.1) is 23.6 Å². The largest absolute Gasteiger partial charge is 0.548 e. The summed E-state index contributed by atoms with van der Waals surface area (Å²) in [6.45, 7) is -0.811. The SMILES string of the molecule is O=C([O-])CN1C(=O)c2ccc(C(=O)c3ccccc3)cc2C1=O. The number of carboxylic acids is 1. The number of carbonyl (C=O) groups excluding carboxylic acids is 4. The summed E-state index contributed by atoms with van der Waals surface area (Å²) in [4.78, 5) is 47.8. The highest BCUT2D eigenvalue weighted by atomic mass is 16.4. The van der Waals surface area contributed by atoms with Crippen LogP contribution in [0.25, 0.3) is 0 Å². The van der Waals surface area contributed by atoms with E-state index < -0.39 is 24.3 Å². The third-order valence-corrected chi connectivity index (χ3v) is 3.56. The first-order valence-corrected chi connectivity index (χ1v) is 6.79. The zero-order valence-corrected chi connectivity index (χ0v) is 11.8. The Morgan fingerprint density at radius 2 is 1.52 bits per heavy atom. The van der Waals surface area contributed by atoms with Crippen LogP contribution in [0.4, 0.5) is 0 Å². The molecule has 2 aromatic carbocycles. The summed E-state index contributed by atoms with van der Waals surface area (Å²) >= 11 is 0. The second-order valence-corrected chi connectivity index (χ2v) is 5.02. The third kappa shape index (κ3) is 2.50. The van der Waals surface area contributed by atoms with Gasteiger partial charge in [-0.1, -0.05) is 36.4 Å². The van der Waals surface area contributed by atoms with Gasteiger partial charge in [0.15, 0.2) is 5.78 Å². The minimum atomic E-state index is -1.53. The van der Waals surface area contributed by atoms with E-state index in [0.29, 0.717) is 10.5 Å². The number of aliphatic carboxylic acids is 1. The van der Waals surface area contributed by atoms with Gasteiger partial charge in [0.1, 0.15) is 0 Å². The van der Waals surface area contributed by atoms with Crippen LogP contribution in [0.1, 0.15) is 36.6 Å². The van der Waals surface area contributed by atoms with Crippen molar-refractivity contribution >= 4 is 23.6 Å². The number of carbonyl (C=O) groups is 4. The molecule has 0 atom stereocenters. The second kappa shape index (κ2) is 5.49. The lowest BCUT2D eigenvalue weighted by Crippen LogP contribution is -2.41. The van der Waals surface area contributed by atoms with Crippen LogP contribution in [0.3, 0.4) is 0 Å². The minimum absolute atomic E-state index is 0.0260. The summed E-state index contributed by atoms with van der Waals surface area (Å²) < 4.78 is 0. The van der Waals surface area contributed by atoms with E-state index in [1.54, 1.807) is 30.3 Å². The van der Waals surface area contributed by atoms with E-state index in [2.05, 4.69) is 0 Å². The molecule has 6 nitrogen and oxygen atoms in total. The molecule has 114 valence electrons. The normalized spacial score (nSPS) is 13.1. The summed E-state index contributed by atoms with van der Waals surface area (Å²) in [6.07, 6.45) is 0. The molecule has 0 saturated carbocycles. The van der Waals surface area contributed by atoms with Crippen LogP contribution < -0.4 is 5.11 Å². The number of amides is 2. The fraction of sp³-hybridized carbons (Fsp3) is 0.0588. The summed E-state index contributed by atoms with van der Waals surface area (Å²) in [7, 11) is 0. The van der Waals surface area contributed by atoms with Gasteiger partial charge in [0.25, 0.3) is 11.8 Å². The highest BCUT2D eigenvalue weighted by molar-refractivity contribution is 6.23. The van der Waals surface area contributed by atoms with Crippen molar-refractivity contribution in [2.45, 2.75) is 0 Å². The Morgan fingerprint density at radius 1 is 0.870 bits per heavy atom. The zero-order valence-electron chi connectivity index (χ0n) is 11.8. The molecule has 0 radical (unpaired) electrons. The Balaban J connectivity index is 1.98. The molecule has 1 heterocycles. The number of hydrogen-bond acceptors (Lipinski definition) is 5. The molecule has 2 amide bonds. The fourth-order valence-corrected chi connectivity index (χ4v) is 2.46. The second-order valence-electron chi connectivity index (χ2n) is 5.02. The molecule has 0 fully saturated rings. The molecule has 0 bridgehead atoms. The Kier molecular flexibility index (Phi) is 3.50. The van der Waals surface area contributed by atoms with E-state index in [4.69, 9.17) is 0 Å². The lowest BCUT2D eigenvalue weighted by Gasteiger charge is -2.13. The Morgan fingerprint density at radius 3 is 2.17 bits per heavy atom. The van der Waals surface area contributed by atoms with Crippen molar-refractivity contribution in [3.63, 3.8) is 0 Å². The maximum atomic E-state index is 12.4. The number of hydrogen-bond donors (Lipinski definition) is 0. The van der Waals surface area contributed by atoms with E-state index in [-0.39, 0.29) is 22.5 Å². The van der Waals surface area contributed by atoms with Crippen molar-refractivity contribution in [3.8, 4) is 0 Å². The molecule has 1 aliphatic rings. The third-order valence-electron chi connectivity index (χ3n) is 3.56. The Labute approximate surface area is 131 Å². The predicted molar refractivity (Wildman–Crippen MR) is 76.7 cm³/mol. The van der Waals surface area contributed by atoms with Gasteiger partial charge >= 0.3 is 0 Å². The summed E-state index contributed by atoms with van der Waals surface area (Å²) in [5.74, 6) is -3.25. The lowest BCUT2D eigenvalue weighted by molar-refractivity contribution is -0.305. The van der Waals surface area contributed by atoms with Crippen LogP contribution in [-0.4, -0.2) is 35.0 Å². The van der Waals surface area contributed by atoms with Crippen LogP contribution in [0.5, 0.6) is 0 Å². The first-order valence-electron chi connectivity index (χ1n) is 6.79. The number of benzene rings is 2. The van der Waals surface area contributed by atoms with Gasteiger partial charge < -0.3 is 9.90 Å². The first-order chi connectivity index (χ1) is 11.0. The van der Waals surface area contributed by atoms with E-state index in [1.807, 2.05) is 0 Å². The number of fused-ring (bicyclic) bond motifs is 1. The first kappa shape index (κ1) is 14.6. The highest BCUT2D eigenvalue weighted by Gasteiger charge is 2.35. The van der Waals surface area contributed by atoms with E-state index >= 15 is 0 Å². The molecule has 6 heteroatoms. The Hall–Kier alpha value is -3.28. The van der Waals surface area contributed by atoms with Gasteiger partial charge in [0, 0.05) is 11.1 Å². The molecule has 0 aromatic heterocycles. The lowest BCUT2D eigenvalue weighted by atomic mass is 9.99. The summed E-state index contributed by atoms with van der Waals surface area (Å²) in [5, 5.41) is 10.6. The van der Waals surface area contributed by atoms with Crippen molar-refractivity contribution in [2.24, 2.45) is 0 Å². The quantitative estimate of drug-likeness (QED) is 0.596. The van der Waals surface area contributed by atoms with Gasteiger partial charge in [0.2, 0.25) is 0 Å². The maximum Gasteiger partial charge on any atom is 0.261 e. The van der Waals surface area contributed by atoms with E-state index in [0.717, 1.165) is 0 Å². The molecular weight excluding hydrogens is 298 g/mol.